The number of hydrogen-bond donors (Lipinski definition) is 0. The van der Waals surface area contributed by atoms with E-state index in [9.17, 15) is 8.78 Å². The molecule has 0 aliphatic rings. The van der Waals surface area contributed by atoms with Crippen molar-refractivity contribution in [1.82, 2.24) is 4.98 Å². The highest BCUT2D eigenvalue weighted by Crippen LogP contribution is 2.20. The van der Waals surface area contributed by atoms with Crippen LogP contribution in [0.15, 0.2) is 5.38 Å². The van der Waals surface area contributed by atoms with Crippen molar-refractivity contribution in [1.29, 1.82) is 0 Å². The first-order chi connectivity index (χ1) is 5.74. The Morgan fingerprint density at radius 2 is 2.08 bits per heavy atom. The van der Waals surface area contributed by atoms with Gasteiger partial charge in [0.1, 0.15) is 5.69 Å². The molecule has 0 unspecified atom stereocenters. The molecule has 0 aromatic carbocycles. The molecule has 0 bridgehead atoms. The summed E-state index contributed by atoms with van der Waals surface area (Å²) in [4.78, 5) is 3.70. The van der Waals surface area contributed by atoms with Crippen molar-refractivity contribution in [3.8, 4) is 0 Å². The zero-order valence-electron chi connectivity index (χ0n) is 7.47. The Hall–Kier alpha value is -0.510. The molecule has 0 spiro atoms. The van der Waals surface area contributed by atoms with Gasteiger partial charge in [-0.2, -0.15) is 0 Å². The largest absolute Gasteiger partial charge is 0.281 e. The molecule has 0 atom stereocenters. The van der Waals surface area contributed by atoms with E-state index >= 15 is 0 Å². The van der Waals surface area contributed by atoms with E-state index in [0.29, 0.717) is 0 Å². The third kappa shape index (κ3) is 3.26. The lowest BCUT2D eigenvalue weighted by atomic mass is 10.5. The highest BCUT2D eigenvalue weighted by Gasteiger charge is 2.09. The Morgan fingerprint density at radius 1 is 1.50 bits per heavy atom. The van der Waals surface area contributed by atoms with Gasteiger partial charge in [0.15, 0.2) is 0 Å². The summed E-state index contributed by atoms with van der Waals surface area (Å²) in [7, 11) is 0. The molecular formula is C8H13F2NS. The molecule has 1 aromatic rings. The van der Waals surface area contributed by atoms with Crippen LogP contribution in [-0.4, -0.2) is 4.98 Å². The molecule has 0 aliphatic carbocycles. The SMILES string of the molecule is CC.CCc1nc(C(F)F)cs1. The van der Waals surface area contributed by atoms with E-state index in [4.69, 9.17) is 0 Å². The molecule has 0 amide bonds. The summed E-state index contributed by atoms with van der Waals surface area (Å²) >= 11 is 1.29. The Balaban J connectivity index is 0.000000561. The number of alkyl halides is 2. The van der Waals surface area contributed by atoms with Gasteiger partial charge >= 0.3 is 0 Å². The van der Waals surface area contributed by atoms with Gasteiger partial charge in [-0.05, 0) is 6.42 Å². The zero-order valence-corrected chi connectivity index (χ0v) is 8.29. The van der Waals surface area contributed by atoms with Crippen LogP contribution >= 0.6 is 11.3 Å². The normalized spacial score (nSPS) is 9.50. The summed E-state index contributed by atoms with van der Waals surface area (Å²) < 4.78 is 23.7. The molecule has 0 saturated carbocycles. The Bertz CT molecular complexity index is 211. The summed E-state index contributed by atoms with van der Waals surface area (Å²) in [5.41, 5.74) is -0.0955. The van der Waals surface area contributed by atoms with Crippen LogP contribution < -0.4 is 0 Å². The van der Waals surface area contributed by atoms with Gasteiger partial charge in [0, 0.05) is 5.38 Å². The number of aromatic nitrogens is 1. The van der Waals surface area contributed by atoms with Crippen molar-refractivity contribution in [2.24, 2.45) is 0 Å². The van der Waals surface area contributed by atoms with E-state index in [1.165, 1.54) is 16.7 Å². The maximum Gasteiger partial charge on any atom is 0.281 e. The smallest absolute Gasteiger partial charge is 0.240 e. The Kier molecular flexibility index (Phi) is 5.80. The molecule has 0 aliphatic heterocycles. The lowest BCUT2D eigenvalue weighted by molar-refractivity contribution is 0.146. The molecular weight excluding hydrogens is 180 g/mol. The lowest BCUT2D eigenvalue weighted by Crippen LogP contribution is -1.84. The van der Waals surface area contributed by atoms with E-state index < -0.39 is 6.43 Å². The molecule has 1 heterocycles. The summed E-state index contributed by atoms with van der Waals surface area (Å²) in [5.74, 6) is 0. The minimum atomic E-state index is -2.42. The van der Waals surface area contributed by atoms with E-state index in [2.05, 4.69) is 4.98 Å². The first-order valence-corrected chi connectivity index (χ1v) is 4.84. The molecule has 1 nitrogen and oxygen atoms in total. The second-order valence-corrected chi connectivity index (χ2v) is 2.76. The van der Waals surface area contributed by atoms with Gasteiger partial charge in [0.2, 0.25) is 0 Å². The first-order valence-electron chi connectivity index (χ1n) is 3.96. The Morgan fingerprint density at radius 3 is 2.33 bits per heavy atom. The fourth-order valence-corrected chi connectivity index (χ4v) is 1.32. The second-order valence-electron chi connectivity index (χ2n) is 1.82. The van der Waals surface area contributed by atoms with Crippen LogP contribution in [0.1, 0.15) is 37.9 Å². The van der Waals surface area contributed by atoms with Gasteiger partial charge in [-0.15, -0.1) is 11.3 Å². The highest BCUT2D eigenvalue weighted by atomic mass is 32.1. The number of rotatable bonds is 2. The predicted octanol–water partition coefficient (Wildman–Crippen LogP) is 3.67. The van der Waals surface area contributed by atoms with Crippen LogP contribution in [0.25, 0.3) is 0 Å². The summed E-state index contributed by atoms with van der Waals surface area (Å²) in [6.07, 6.45) is -1.69. The van der Waals surface area contributed by atoms with Crippen LogP contribution in [-0.2, 0) is 6.42 Å². The van der Waals surface area contributed by atoms with Crippen LogP contribution in [0.3, 0.4) is 0 Å². The first kappa shape index (κ1) is 11.5. The molecule has 0 fully saturated rings. The standard InChI is InChI=1S/C6H7F2NS.C2H6/c1-2-5-9-4(3-10-5)6(7)8;1-2/h3,6H,2H2,1H3;1-2H3. The number of aryl methyl sites for hydroxylation is 1. The minimum Gasteiger partial charge on any atom is -0.240 e. The monoisotopic (exact) mass is 193 g/mol. The molecule has 0 radical (unpaired) electrons. The lowest BCUT2D eigenvalue weighted by Gasteiger charge is -1.88. The topological polar surface area (TPSA) is 12.9 Å². The second kappa shape index (κ2) is 6.06. The van der Waals surface area contributed by atoms with Gasteiger partial charge in [0.25, 0.3) is 6.43 Å². The minimum absolute atomic E-state index is 0.0955. The van der Waals surface area contributed by atoms with Crippen LogP contribution in [0.4, 0.5) is 8.78 Å². The average Bonchev–Trinajstić information content (AvgIpc) is 2.55. The van der Waals surface area contributed by atoms with E-state index in [0.717, 1.165) is 11.4 Å². The molecule has 1 aromatic heterocycles. The average molecular weight is 193 g/mol. The van der Waals surface area contributed by atoms with Crippen molar-refractivity contribution in [2.45, 2.75) is 33.6 Å². The predicted molar refractivity (Wildman–Crippen MR) is 47.8 cm³/mol. The third-order valence-corrected chi connectivity index (χ3v) is 2.11. The molecule has 0 saturated heterocycles. The van der Waals surface area contributed by atoms with Gasteiger partial charge in [-0.25, -0.2) is 13.8 Å². The summed E-state index contributed by atoms with van der Waals surface area (Å²) in [5, 5.41) is 2.18. The maximum absolute atomic E-state index is 11.9. The quantitative estimate of drug-likeness (QED) is 0.698. The van der Waals surface area contributed by atoms with Crippen molar-refractivity contribution < 1.29 is 8.78 Å². The number of hydrogen-bond acceptors (Lipinski definition) is 2. The molecule has 12 heavy (non-hydrogen) atoms. The molecule has 0 N–H and O–H groups in total. The molecule has 1 rings (SSSR count). The van der Waals surface area contributed by atoms with Crippen molar-refractivity contribution in [2.75, 3.05) is 0 Å². The number of thiazole rings is 1. The van der Waals surface area contributed by atoms with Crippen molar-refractivity contribution in [3.05, 3.63) is 16.1 Å². The summed E-state index contributed by atoms with van der Waals surface area (Å²) in [6, 6.07) is 0. The van der Waals surface area contributed by atoms with E-state index in [1.54, 1.807) is 0 Å². The molecule has 70 valence electrons. The fourth-order valence-electron chi connectivity index (χ4n) is 0.588. The molecule has 4 heteroatoms. The van der Waals surface area contributed by atoms with Crippen LogP contribution in [0.2, 0.25) is 0 Å². The van der Waals surface area contributed by atoms with Crippen molar-refractivity contribution in [3.63, 3.8) is 0 Å². The van der Waals surface area contributed by atoms with Gasteiger partial charge in [-0.3, -0.25) is 0 Å². The zero-order chi connectivity index (χ0) is 9.56. The van der Waals surface area contributed by atoms with Crippen LogP contribution in [0, 0.1) is 0 Å². The summed E-state index contributed by atoms with van der Waals surface area (Å²) in [6.45, 7) is 5.90. The van der Waals surface area contributed by atoms with E-state index in [-0.39, 0.29) is 5.69 Å². The van der Waals surface area contributed by atoms with Gasteiger partial charge in [0.05, 0.1) is 5.01 Å². The van der Waals surface area contributed by atoms with Gasteiger partial charge < -0.3 is 0 Å². The van der Waals surface area contributed by atoms with Crippen molar-refractivity contribution >= 4 is 11.3 Å². The van der Waals surface area contributed by atoms with Crippen LogP contribution in [0.5, 0.6) is 0 Å². The highest BCUT2D eigenvalue weighted by molar-refractivity contribution is 7.09. The van der Waals surface area contributed by atoms with E-state index in [1.807, 2.05) is 20.8 Å². The maximum atomic E-state index is 11.9. The fraction of sp³-hybridized carbons (Fsp3) is 0.625. The number of halogens is 2. The Labute approximate surface area is 75.5 Å². The third-order valence-electron chi connectivity index (χ3n) is 1.10. The van der Waals surface area contributed by atoms with Gasteiger partial charge in [-0.1, -0.05) is 20.8 Å². The number of nitrogens with zero attached hydrogens (tertiary/aromatic N) is 1.